The summed E-state index contributed by atoms with van der Waals surface area (Å²) >= 11 is 0. The van der Waals surface area contributed by atoms with Gasteiger partial charge in [0.25, 0.3) is 5.91 Å². The number of amides is 4. The number of urea groups is 1. The second-order valence-electron chi connectivity index (χ2n) is 9.88. The van der Waals surface area contributed by atoms with E-state index in [4.69, 9.17) is 0 Å². The lowest BCUT2D eigenvalue weighted by Gasteiger charge is -2.43. The van der Waals surface area contributed by atoms with E-state index in [0.717, 1.165) is 28.8 Å². The molecule has 1 aliphatic heterocycles. The van der Waals surface area contributed by atoms with E-state index < -0.39 is 17.5 Å². The topological polar surface area (TPSA) is 96.3 Å². The zero-order valence-corrected chi connectivity index (χ0v) is 18.7. The molecule has 31 heavy (non-hydrogen) atoms. The van der Waals surface area contributed by atoms with Crippen molar-refractivity contribution in [3.05, 3.63) is 24.3 Å². The molecule has 166 valence electrons. The van der Waals surface area contributed by atoms with Crippen LogP contribution in [0.25, 0.3) is 11.0 Å². The van der Waals surface area contributed by atoms with Gasteiger partial charge in [-0.2, -0.15) is 0 Å². The first-order valence-electron chi connectivity index (χ1n) is 11.0. The van der Waals surface area contributed by atoms with Crippen LogP contribution in [0.2, 0.25) is 0 Å². The molecule has 2 aliphatic rings. The molecule has 1 aromatic heterocycles. The molecule has 1 spiro atoms. The predicted octanol–water partition coefficient (Wildman–Crippen LogP) is 3.52. The van der Waals surface area contributed by atoms with Crippen molar-refractivity contribution in [2.75, 3.05) is 11.9 Å². The first kappa shape index (κ1) is 21.3. The summed E-state index contributed by atoms with van der Waals surface area (Å²) in [5.41, 5.74) is 0.767. The number of para-hydroxylation sites is 2. The van der Waals surface area contributed by atoms with Gasteiger partial charge in [0.2, 0.25) is 11.9 Å². The highest BCUT2D eigenvalue weighted by atomic mass is 16.2. The molecule has 2 N–H and O–H groups in total. The molecule has 2 fully saturated rings. The number of carbonyl (C=O) groups excluding carboxylic acids is 3. The van der Waals surface area contributed by atoms with Gasteiger partial charge >= 0.3 is 6.03 Å². The number of rotatable bonds is 5. The van der Waals surface area contributed by atoms with E-state index in [1.54, 1.807) is 0 Å². The van der Waals surface area contributed by atoms with Crippen LogP contribution in [-0.2, 0) is 16.1 Å². The number of nitrogens with one attached hydrogen (secondary N) is 2. The third kappa shape index (κ3) is 3.91. The number of aromatic nitrogens is 2. The van der Waals surface area contributed by atoms with Gasteiger partial charge in [-0.25, -0.2) is 9.78 Å². The highest BCUT2D eigenvalue weighted by Crippen LogP contribution is 2.46. The first-order chi connectivity index (χ1) is 14.6. The normalized spacial score (nSPS) is 25.3. The molecule has 2 heterocycles. The van der Waals surface area contributed by atoms with Crippen molar-refractivity contribution in [2.45, 2.75) is 65.5 Å². The van der Waals surface area contributed by atoms with Crippen LogP contribution in [0.1, 0.15) is 53.4 Å². The zero-order valence-electron chi connectivity index (χ0n) is 18.7. The Bertz CT molecular complexity index is 1040. The monoisotopic (exact) mass is 425 g/mol. The molecule has 0 radical (unpaired) electrons. The molecule has 2 atom stereocenters. The molecule has 1 saturated carbocycles. The number of imide groups is 1. The highest BCUT2D eigenvalue weighted by Gasteiger charge is 2.56. The molecule has 4 amide bonds. The van der Waals surface area contributed by atoms with Crippen LogP contribution in [0.3, 0.4) is 0 Å². The van der Waals surface area contributed by atoms with Crippen LogP contribution in [-0.4, -0.2) is 44.4 Å². The molecule has 1 aliphatic carbocycles. The van der Waals surface area contributed by atoms with Crippen LogP contribution in [0.4, 0.5) is 10.7 Å². The molecule has 0 bridgehead atoms. The van der Waals surface area contributed by atoms with Gasteiger partial charge in [0.05, 0.1) is 11.0 Å². The second-order valence-corrected chi connectivity index (χ2v) is 9.88. The lowest BCUT2D eigenvalue weighted by molar-refractivity contribution is -0.136. The van der Waals surface area contributed by atoms with Crippen molar-refractivity contribution in [1.82, 2.24) is 19.8 Å². The van der Waals surface area contributed by atoms with Gasteiger partial charge in [-0.15, -0.1) is 0 Å². The summed E-state index contributed by atoms with van der Waals surface area (Å²) < 4.78 is 1.95. The van der Waals surface area contributed by atoms with Crippen molar-refractivity contribution in [3.8, 4) is 0 Å². The Kier molecular flexibility index (Phi) is 5.27. The van der Waals surface area contributed by atoms with E-state index in [0.29, 0.717) is 31.3 Å². The number of hydrogen-bond donors (Lipinski definition) is 2. The number of imidazole rings is 1. The van der Waals surface area contributed by atoms with Gasteiger partial charge in [0, 0.05) is 6.54 Å². The molecule has 8 nitrogen and oxygen atoms in total. The summed E-state index contributed by atoms with van der Waals surface area (Å²) in [4.78, 5) is 44.3. The minimum atomic E-state index is -0.909. The third-order valence-electron chi connectivity index (χ3n) is 6.28. The number of nitrogens with zero attached hydrogens (tertiary/aromatic N) is 3. The lowest BCUT2D eigenvalue weighted by atomic mass is 9.64. The number of anilines is 1. The summed E-state index contributed by atoms with van der Waals surface area (Å²) in [6, 6.07) is 7.19. The summed E-state index contributed by atoms with van der Waals surface area (Å²) in [7, 11) is 0. The van der Waals surface area contributed by atoms with Crippen LogP contribution >= 0.6 is 0 Å². The Morgan fingerprint density at radius 2 is 2.00 bits per heavy atom. The van der Waals surface area contributed by atoms with Crippen LogP contribution in [0, 0.1) is 11.3 Å². The van der Waals surface area contributed by atoms with Crippen molar-refractivity contribution >= 4 is 34.8 Å². The van der Waals surface area contributed by atoms with Crippen LogP contribution in [0.5, 0.6) is 0 Å². The Morgan fingerprint density at radius 1 is 1.26 bits per heavy atom. The van der Waals surface area contributed by atoms with E-state index in [2.05, 4.69) is 43.3 Å². The maximum Gasteiger partial charge on any atom is 0.325 e. The van der Waals surface area contributed by atoms with Gasteiger partial charge in [-0.1, -0.05) is 39.8 Å². The fourth-order valence-corrected chi connectivity index (χ4v) is 5.58. The average Bonchev–Trinajstić information content (AvgIpc) is 3.10. The Balaban J connectivity index is 1.52. The molecular weight excluding hydrogens is 394 g/mol. The fourth-order valence-electron chi connectivity index (χ4n) is 5.58. The molecular formula is C23H31N5O3. The molecule has 1 aromatic carbocycles. The Hall–Kier alpha value is -2.90. The van der Waals surface area contributed by atoms with Gasteiger partial charge < -0.3 is 9.88 Å². The number of aryl methyl sites for hydroxylation is 1. The van der Waals surface area contributed by atoms with E-state index in [1.165, 1.54) is 0 Å². The van der Waals surface area contributed by atoms with E-state index in [9.17, 15) is 14.4 Å². The third-order valence-corrected chi connectivity index (χ3v) is 6.28. The molecule has 8 heteroatoms. The largest absolute Gasteiger partial charge is 0.325 e. The summed E-state index contributed by atoms with van der Waals surface area (Å²) in [5, 5.41) is 5.72. The zero-order chi connectivity index (χ0) is 22.4. The maximum atomic E-state index is 13.3. The van der Waals surface area contributed by atoms with Gasteiger partial charge in [-0.05, 0) is 49.1 Å². The van der Waals surface area contributed by atoms with Crippen molar-refractivity contribution in [3.63, 3.8) is 0 Å². The smallest absolute Gasteiger partial charge is 0.323 e. The van der Waals surface area contributed by atoms with Crippen molar-refractivity contribution in [1.29, 1.82) is 0 Å². The number of carbonyl (C=O) groups is 3. The number of fused-ring (bicyclic) bond motifs is 1. The van der Waals surface area contributed by atoms with Gasteiger partial charge in [0.1, 0.15) is 12.1 Å². The molecule has 4 rings (SSSR count). The maximum absolute atomic E-state index is 13.3. The SMILES string of the molecule is CCCn1c(NC(=O)CN2C(=O)N[C@@]3(C[C@H](C)CC(C)(C)C3)C2=O)nc2ccccc21. The lowest BCUT2D eigenvalue weighted by Crippen LogP contribution is -2.54. The summed E-state index contributed by atoms with van der Waals surface area (Å²) in [6.45, 7) is 8.79. The average molecular weight is 426 g/mol. The quantitative estimate of drug-likeness (QED) is 0.717. The minimum absolute atomic E-state index is 0.0517. The highest BCUT2D eigenvalue weighted by molar-refractivity contribution is 6.10. The molecule has 1 saturated heterocycles. The van der Waals surface area contributed by atoms with E-state index >= 15 is 0 Å². The predicted molar refractivity (Wildman–Crippen MR) is 118 cm³/mol. The first-order valence-corrected chi connectivity index (χ1v) is 11.0. The van der Waals surface area contributed by atoms with E-state index in [1.807, 2.05) is 28.8 Å². The standard InChI is InChI=1S/C23H31N5O3/c1-5-10-27-17-9-7-6-8-16(17)24-20(27)25-18(29)13-28-19(30)23(26-21(28)31)12-15(2)11-22(3,4)14-23/h6-9,15H,5,10-14H2,1-4H3,(H,26,31)(H,24,25,29)/t15-,23-/m1/s1. The summed E-state index contributed by atoms with van der Waals surface area (Å²) in [5.74, 6) is 0.0172. The number of benzene rings is 1. The Morgan fingerprint density at radius 3 is 2.71 bits per heavy atom. The van der Waals surface area contributed by atoms with Crippen LogP contribution < -0.4 is 10.6 Å². The summed E-state index contributed by atoms with van der Waals surface area (Å²) in [6.07, 6.45) is 3.07. The molecule has 2 aromatic rings. The van der Waals surface area contributed by atoms with Crippen molar-refractivity contribution < 1.29 is 14.4 Å². The fraction of sp³-hybridized carbons (Fsp3) is 0.565. The Labute approximate surface area is 182 Å². The van der Waals surface area contributed by atoms with Crippen LogP contribution in [0.15, 0.2) is 24.3 Å². The second kappa shape index (κ2) is 7.66. The van der Waals surface area contributed by atoms with Gasteiger partial charge in [0.15, 0.2) is 0 Å². The molecule has 0 unspecified atom stereocenters. The van der Waals surface area contributed by atoms with Gasteiger partial charge in [-0.3, -0.25) is 19.8 Å². The number of hydrogen-bond acceptors (Lipinski definition) is 4. The minimum Gasteiger partial charge on any atom is -0.323 e. The van der Waals surface area contributed by atoms with Crippen molar-refractivity contribution in [2.24, 2.45) is 11.3 Å². The van der Waals surface area contributed by atoms with E-state index in [-0.39, 0.29) is 17.9 Å².